The second kappa shape index (κ2) is 9.91. The molecule has 0 aliphatic heterocycles. The van der Waals surface area contributed by atoms with Crippen molar-refractivity contribution in [1.82, 2.24) is 20.8 Å². The number of benzene rings is 1. The Kier molecular flexibility index (Phi) is 7.58. The van der Waals surface area contributed by atoms with E-state index in [1.807, 2.05) is 0 Å². The molecule has 0 aliphatic carbocycles. The van der Waals surface area contributed by atoms with Gasteiger partial charge >= 0.3 is 6.61 Å². The Bertz CT molecular complexity index is 739. The van der Waals surface area contributed by atoms with Crippen molar-refractivity contribution in [2.24, 2.45) is 4.99 Å². The molecule has 142 valence electrons. The minimum absolute atomic E-state index is 0.0686. The molecule has 1 aromatic carbocycles. The van der Waals surface area contributed by atoms with Crippen molar-refractivity contribution in [2.45, 2.75) is 32.9 Å². The summed E-state index contributed by atoms with van der Waals surface area (Å²) in [6.07, 6.45) is 1.41. The highest BCUT2D eigenvalue weighted by Crippen LogP contribution is 2.24. The van der Waals surface area contributed by atoms with Gasteiger partial charge in [0.25, 0.3) is 0 Å². The summed E-state index contributed by atoms with van der Waals surface area (Å²) in [6, 6.07) is 4.47. The molecule has 0 fully saturated rings. The number of ether oxygens (including phenoxy) is 1. The quantitative estimate of drug-likeness (QED) is 0.411. The molecule has 0 saturated carbocycles. The number of rotatable bonds is 8. The van der Waals surface area contributed by atoms with Crippen LogP contribution >= 0.6 is 11.6 Å². The van der Waals surface area contributed by atoms with Crippen LogP contribution in [0.1, 0.15) is 23.7 Å². The first-order chi connectivity index (χ1) is 12.5. The summed E-state index contributed by atoms with van der Waals surface area (Å²) in [7, 11) is 1.62. The summed E-state index contributed by atoms with van der Waals surface area (Å²) in [5.74, 6) is 1.78. The number of aryl methyl sites for hydroxylation is 2. The van der Waals surface area contributed by atoms with Gasteiger partial charge in [-0.3, -0.25) is 4.99 Å². The molecule has 0 unspecified atom stereocenters. The fourth-order valence-corrected chi connectivity index (χ4v) is 2.38. The minimum Gasteiger partial charge on any atom is -0.434 e. The van der Waals surface area contributed by atoms with Crippen molar-refractivity contribution >= 4 is 17.6 Å². The van der Waals surface area contributed by atoms with Crippen LogP contribution in [0.2, 0.25) is 5.02 Å². The van der Waals surface area contributed by atoms with E-state index >= 15 is 0 Å². The minimum atomic E-state index is -2.90. The van der Waals surface area contributed by atoms with Gasteiger partial charge in [-0.05, 0) is 31.5 Å². The highest BCUT2D eigenvalue weighted by Gasteiger charge is 2.11. The number of guanidine groups is 1. The summed E-state index contributed by atoms with van der Waals surface area (Å²) in [4.78, 5) is 8.21. The largest absolute Gasteiger partial charge is 0.434 e. The molecular weight excluding hydrogens is 368 g/mol. The van der Waals surface area contributed by atoms with Crippen LogP contribution in [0.4, 0.5) is 8.78 Å². The standard InChI is InChI=1S/C16H20ClF2N5O2/c1-10-23-14(26-24-10)4-3-7-21-16(20-2)22-9-11-8-12(17)5-6-13(11)25-15(18)19/h5-6,8,15H,3-4,7,9H2,1-2H3,(H2,20,21,22). The van der Waals surface area contributed by atoms with Gasteiger partial charge in [0.1, 0.15) is 5.75 Å². The van der Waals surface area contributed by atoms with Gasteiger partial charge < -0.3 is 19.9 Å². The summed E-state index contributed by atoms with van der Waals surface area (Å²) < 4.78 is 34.5. The lowest BCUT2D eigenvalue weighted by Crippen LogP contribution is -2.37. The van der Waals surface area contributed by atoms with Gasteiger partial charge in [-0.25, -0.2) is 0 Å². The third kappa shape index (κ3) is 6.47. The van der Waals surface area contributed by atoms with Crippen LogP contribution in [-0.4, -0.2) is 36.3 Å². The first-order valence-corrected chi connectivity index (χ1v) is 8.32. The lowest BCUT2D eigenvalue weighted by Gasteiger charge is -2.14. The van der Waals surface area contributed by atoms with Gasteiger partial charge in [-0.2, -0.15) is 13.8 Å². The van der Waals surface area contributed by atoms with Crippen molar-refractivity contribution in [3.05, 3.63) is 40.5 Å². The molecule has 2 rings (SSSR count). The molecule has 10 heteroatoms. The average Bonchev–Trinajstić information content (AvgIpc) is 3.01. The zero-order chi connectivity index (χ0) is 18.9. The Morgan fingerprint density at radius 3 is 2.85 bits per heavy atom. The van der Waals surface area contributed by atoms with Gasteiger partial charge in [0, 0.05) is 37.1 Å². The van der Waals surface area contributed by atoms with Crippen molar-refractivity contribution in [3.8, 4) is 5.75 Å². The molecule has 0 amide bonds. The monoisotopic (exact) mass is 387 g/mol. The van der Waals surface area contributed by atoms with Crippen LogP contribution in [0.15, 0.2) is 27.7 Å². The Morgan fingerprint density at radius 1 is 1.38 bits per heavy atom. The van der Waals surface area contributed by atoms with Crippen LogP contribution in [0.3, 0.4) is 0 Å². The molecule has 0 bridgehead atoms. The van der Waals surface area contributed by atoms with E-state index in [-0.39, 0.29) is 12.3 Å². The third-order valence-electron chi connectivity index (χ3n) is 3.34. The zero-order valence-corrected chi connectivity index (χ0v) is 15.2. The van der Waals surface area contributed by atoms with E-state index in [1.54, 1.807) is 20.0 Å². The summed E-state index contributed by atoms with van der Waals surface area (Å²) in [5.41, 5.74) is 0.502. The van der Waals surface area contributed by atoms with Gasteiger partial charge in [-0.1, -0.05) is 16.8 Å². The summed E-state index contributed by atoms with van der Waals surface area (Å²) in [6.45, 7) is -0.290. The zero-order valence-electron chi connectivity index (χ0n) is 14.4. The fraction of sp³-hybridized carbons (Fsp3) is 0.438. The first-order valence-electron chi connectivity index (χ1n) is 7.95. The number of aromatic nitrogens is 2. The molecule has 2 aromatic rings. The molecule has 0 atom stereocenters. The van der Waals surface area contributed by atoms with Crippen LogP contribution in [0, 0.1) is 6.92 Å². The lowest BCUT2D eigenvalue weighted by molar-refractivity contribution is -0.0504. The molecule has 0 spiro atoms. The molecular formula is C16H20ClF2N5O2. The van der Waals surface area contributed by atoms with E-state index in [2.05, 4.69) is 30.5 Å². The third-order valence-corrected chi connectivity index (χ3v) is 3.57. The topological polar surface area (TPSA) is 84.6 Å². The second-order valence-corrected chi connectivity index (χ2v) is 5.76. The van der Waals surface area contributed by atoms with Crippen molar-refractivity contribution < 1.29 is 18.0 Å². The van der Waals surface area contributed by atoms with Crippen molar-refractivity contribution in [3.63, 3.8) is 0 Å². The van der Waals surface area contributed by atoms with Crippen molar-refractivity contribution in [1.29, 1.82) is 0 Å². The maximum atomic E-state index is 12.5. The molecule has 0 saturated heterocycles. The lowest BCUT2D eigenvalue weighted by atomic mass is 10.2. The Balaban J connectivity index is 1.82. The Hall–Kier alpha value is -2.42. The molecule has 0 radical (unpaired) electrons. The molecule has 1 heterocycles. The highest BCUT2D eigenvalue weighted by atomic mass is 35.5. The highest BCUT2D eigenvalue weighted by molar-refractivity contribution is 6.30. The normalized spacial score (nSPS) is 11.7. The van der Waals surface area contributed by atoms with Crippen LogP contribution in [0.25, 0.3) is 0 Å². The van der Waals surface area contributed by atoms with Gasteiger partial charge in [0.15, 0.2) is 11.8 Å². The van der Waals surface area contributed by atoms with Gasteiger partial charge in [0.2, 0.25) is 5.89 Å². The molecule has 0 aliphatic rings. The molecule has 1 aromatic heterocycles. The van der Waals surface area contributed by atoms with E-state index in [0.717, 1.165) is 6.42 Å². The van der Waals surface area contributed by atoms with E-state index < -0.39 is 6.61 Å². The summed E-state index contributed by atoms with van der Waals surface area (Å²) >= 11 is 5.93. The average molecular weight is 388 g/mol. The van der Waals surface area contributed by atoms with Crippen LogP contribution < -0.4 is 15.4 Å². The van der Waals surface area contributed by atoms with Gasteiger partial charge in [-0.15, -0.1) is 0 Å². The number of halogens is 3. The van der Waals surface area contributed by atoms with E-state index in [0.29, 0.717) is 41.2 Å². The van der Waals surface area contributed by atoms with E-state index in [1.165, 1.54) is 12.1 Å². The number of aliphatic imine (C=N–C) groups is 1. The van der Waals surface area contributed by atoms with Crippen LogP contribution in [0.5, 0.6) is 5.75 Å². The predicted octanol–water partition coefficient (Wildman–Crippen LogP) is 2.93. The molecule has 2 N–H and O–H groups in total. The first kappa shape index (κ1) is 19.9. The number of hydrogen-bond donors (Lipinski definition) is 2. The summed E-state index contributed by atoms with van der Waals surface area (Å²) in [5, 5.41) is 10.3. The Labute approximate surface area is 154 Å². The second-order valence-electron chi connectivity index (χ2n) is 5.32. The number of nitrogens with zero attached hydrogens (tertiary/aromatic N) is 3. The van der Waals surface area contributed by atoms with E-state index in [9.17, 15) is 8.78 Å². The molecule has 7 nitrogen and oxygen atoms in total. The predicted molar refractivity (Wildman–Crippen MR) is 93.6 cm³/mol. The number of alkyl halides is 2. The number of hydrogen-bond acceptors (Lipinski definition) is 5. The smallest absolute Gasteiger partial charge is 0.387 e. The fourth-order valence-electron chi connectivity index (χ4n) is 2.18. The maximum Gasteiger partial charge on any atom is 0.387 e. The maximum absolute atomic E-state index is 12.5. The van der Waals surface area contributed by atoms with Gasteiger partial charge in [0.05, 0.1) is 0 Å². The van der Waals surface area contributed by atoms with E-state index in [4.69, 9.17) is 16.1 Å². The molecule has 26 heavy (non-hydrogen) atoms. The number of nitrogens with one attached hydrogen (secondary N) is 2. The SMILES string of the molecule is CN=C(NCCCc1nc(C)no1)NCc1cc(Cl)ccc1OC(F)F. The Morgan fingerprint density at radius 2 is 2.19 bits per heavy atom. The van der Waals surface area contributed by atoms with Crippen LogP contribution in [-0.2, 0) is 13.0 Å². The van der Waals surface area contributed by atoms with Crippen molar-refractivity contribution in [2.75, 3.05) is 13.6 Å².